The maximum Gasteiger partial charge on any atom is 0.325 e. The van der Waals surface area contributed by atoms with Gasteiger partial charge in [-0.2, -0.15) is 0 Å². The van der Waals surface area contributed by atoms with Crippen LogP contribution >= 0.6 is 0 Å². The number of carboxylic acids is 1. The van der Waals surface area contributed by atoms with E-state index in [0.29, 0.717) is 19.4 Å². The molecular weight excluding hydrogens is 198 g/mol. The second kappa shape index (κ2) is 4.16. The molecule has 1 heterocycles. The Morgan fingerprint density at radius 3 is 2.67 bits per heavy atom. The molecule has 1 aliphatic heterocycles. The monoisotopic (exact) mass is 215 g/mol. The molecule has 0 spiro atoms. The van der Waals surface area contributed by atoms with Gasteiger partial charge in [0.1, 0.15) is 5.54 Å². The summed E-state index contributed by atoms with van der Waals surface area (Å²) in [6.45, 7) is 3.65. The molecule has 0 aromatic carbocycles. The highest BCUT2D eigenvalue weighted by Crippen LogP contribution is 2.19. The summed E-state index contributed by atoms with van der Waals surface area (Å²) in [4.78, 5) is 22.5. The molecule has 0 aromatic rings. The average Bonchev–Trinajstić information content (AvgIpc) is 2.16. The Morgan fingerprint density at radius 1 is 1.60 bits per heavy atom. The van der Waals surface area contributed by atoms with Crippen LogP contribution in [0.3, 0.4) is 0 Å². The van der Waals surface area contributed by atoms with E-state index in [-0.39, 0.29) is 5.91 Å². The van der Waals surface area contributed by atoms with Crippen LogP contribution in [0.25, 0.3) is 0 Å². The number of hydrogen-bond donors (Lipinski definition) is 3. The number of nitrogens with one attached hydrogen (secondary N) is 1. The van der Waals surface area contributed by atoms with Gasteiger partial charge in [-0.3, -0.25) is 14.6 Å². The molecule has 0 bridgehead atoms. The van der Waals surface area contributed by atoms with Crippen LogP contribution in [0.5, 0.6) is 0 Å². The number of amides is 1. The molecule has 6 heteroatoms. The van der Waals surface area contributed by atoms with E-state index in [9.17, 15) is 9.59 Å². The Kier molecular flexibility index (Phi) is 3.31. The van der Waals surface area contributed by atoms with E-state index in [4.69, 9.17) is 10.8 Å². The number of hydrogen-bond acceptors (Lipinski definition) is 4. The van der Waals surface area contributed by atoms with Crippen molar-refractivity contribution in [1.29, 1.82) is 0 Å². The molecule has 1 aliphatic rings. The lowest BCUT2D eigenvalue weighted by atomic mass is 9.95. The Bertz CT molecular complexity index is 280. The van der Waals surface area contributed by atoms with Gasteiger partial charge in [-0.25, -0.2) is 5.43 Å². The fraction of sp³-hybridized carbons (Fsp3) is 0.778. The summed E-state index contributed by atoms with van der Waals surface area (Å²) in [5.41, 5.74) is 7.10. The van der Waals surface area contributed by atoms with Crippen molar-refractivity contribution in [3.05, 3.63) is 0 Å². The third-order valence-electron chi connectivity index (χ3n) is 2.57. The molecule has 0 saturated carbocycles. The van der Waals surface area contributed by atoms with Gasteiger partial charge in [0.25, 0.3) is 5.91 Å². The Labute approximate surface area is 88.4 Å². The molecule has 15 heavy (non-hydrogen) atoms. The summed E-state index contributed by atoms with van der Waals surface area (Å²) in [5.74, 6) is -1.23. The number of nitrogens with two attached hydrogens (primary N) is 1. The van der Waals surface area contributed by atoms with E-state index in [0.717, 1.165) is 0 Å². The van der Waals surface area contributed by atoms with Gasteiger partial charge in [-0.05, 0) is 26.7 Å². The van der Waals surface area contributed by atoms with Gasteiger partial charge in [-0.1, -0.05) is 0 Å². The zero-order chi connectivity index (χ0) is 11.6. The minimum Gasteiger partial charge on any atom is -0.480 e. The first-order valence-electron chi connectivity index (χ1n) is 4.95. The lowest BCUT2D eigenvalue weighted by Gasteiger charge is -2.39. The Hall–Kier alpha value is -1.14. The number of aliphatic carboxylic acids is 1. The third-order valence-corrected chi connectivity index (χ3v) is 2.57. The molecule has 2 atom stereocenters. The molecule has 86 valence electrons. The van der Waals surface area contributed by atoms with Gasteiger partial charge in [0.2, 0.25) is 0 Å². The summed E-state index contributed by atoms with van der Waals surface area (Å²) < 4.78 is 0. The van der Waals surface area contributed by atoms with Crippen molar-refractivity contribution in [2.24, 2.45) is 5.73 Å². The summed E-state index contributed by atoms with van der Waals surface area (Å²) in [6, 6.07) is -0.617. The van der Waals surface area contributed by atoms with Crippen molar-refractivity contribution >= 4 is 11.9 Å². The summed E-state index contributed by atoms with van der Waals surface area (Å²) >= 11 is 0. The van der Waals surface area contributed by atoms with Crippen molar-refractivity contribution in [3.63, 3.8) is 0 Å². The molecular formula is C9H17N3O3. The standard InChI is InChI=1S/C9H17N3O3/c1-6(10)7(13)12-5-3-4-9(2,11-12)8(14)15/h6,11H,3-5,10H2,1-2H3,(H,14,15)/t6-,9?/m0/s1. The highest BCUT2D eigenvalue weighted by atomic mass is 16.4. The molecule has 1 rings (SSSR count). The smallest absolute Gasteiger partial charge is 0.325 e. The van der Waals surface area contributed by atoms with Crippen molar-refractivity contribution in [1.82, 2.24) is 10.4 Å². The maximum atomic E-state index is 11.6. The molecule has 0 aromatic heterocycles. The lowest BCUT2D eigenvalue weighted by molar-refractivity contribution is -0.153. The minimum atomic E-state index is -1.07. The fourth-order valence-electron chi connectivity index (χ4n) is 1.57. The summed E-state index contributed by atoms with van der Waals surface area (Å²) in [6.07, 6.45) is 1.17. The molecule has 0 aliphatic carbocycles. The van der Waals surface area contributed by atoms with Crippen molar-refractivity contribution in [3.8, 4) is 0 Å². The van der Waals surface area contributed by atoms with E-state index in [2.05, 4.69) is 5.43 Å². The number of rotatable bonds is 2. The predicted octanol–water partition coefficient (Wildman–Crippen LogP) is -0.696. The van der Waals surface area contributed by atoms with Gasteiger partial charge in [-0.15, -0.1) is 0 Å². The highest BCUT2D eigenvalue weighted by Gasteiger charge is 2.39. The van der Waals surface area contributed by atoms with Crippen molar-refractivity contribution < 1.29 is 14.7 Å². The Balaban J connectivity index is 2.72. The fourth-order valence-corrected chi connectivity index (χ4v) is 1.57. The minimum absolute atomic E-state index is 0.276. The molecule has 1 fully saturated rings. The van der Waals surface area contributed by atoms with Crippen molar-refractivity contribution in [2.75, 3.05) is 6.54 Å². The zero-order valence-electron chi connectivity index (χ0n) is 8.99. The third kappa shape index (κ3) is 2.45. The van der Waals surface area contributed by atoms with Crippen LogP contribution < -0.4 is 11.2 Å². The lowest BCUT2D eigenvalue weighted by Crippen LogP contribution is -2.64. The molecule has 0 radical (unpaired) electrons. The largest absolute Gasteiger partial charge is 0.480 e. The van der Waals surface area contributed by atoms with Crippen LogP contribution in [0.15, 0.2) is 0 Å². The first-order chi connectivity index (χ1) is 6.87. The summed E-state index contributed by atoms with van der Waals surface area (Å²) in [5, 5.41) is 10.3. The zero-order valence-corrected chi connectivity index (χ0v) is 8.99. The van der Waals surface area contributed by atoms with Crippen LogP contribution in [-0.4, -0.2) is 40.1 Å². The van der Waals surface area contributed by atoms with E-state index in [1.54, 1.807) is 13.8 Å². The van der Waals surface area contributed by atoms with Crippen LogP contribution in [0, 0.1) is 0 Å². The normalized spacial score (nSPS) is 28.6. The van der Waals surface area contributed by atoms with E-state index >= 15 is 0 Å². The van der Waals surface area contributed by atoms with E-state index in [1.807, 2.05) is 0 Å². The van der Waals surface area contributed by atoms with Crippen LogP contribution in [0.1, 0.15) is 26.7 Å². The topological polar surface area (TPSA) is 95.7 Å². The first-order valence-corrected chi connectivity index (χ1v) is 4.95. The van der Waals surface area contributed by atoms with E-state index < -0.39 is 17.6 Å². The van der Waals surface area contributed by atoms with E-state index in [1.165, 1.54) is 5.01 Å². The van der Waals surface area contributed by atoms with Crippen LogP contribution in [0.2, 0.25) is 0 Å². The molecule has 4 N–H and O–H groups in total. The van der Waals surface area contributed by atoms with Gasteiger partial charge >= 0.3 is 5.97 Å². The first kappa shape index (κ1) is 11.9. The van der Waals surface area contributed by atoms with Crippen LogP contribution in [-0.2, 0) is 9.59 Å². The molecule has 1 unspecified atom stereocenters. The van der Waals surface area contributed by atoms with Gasteiger partial charge < -0.3 is 10.8 Å². The van der Waals surface area contributed by atoms with Gasteiger partial charge in [0.05, 0.1) is 6.04 Å². The predicted molar refractivity (Wildman–Crippen MR) is 53.8 cm³/mol. The second-order valence-electron chi connectivity index (χ2n) is 4.13. The molecule has 1 saturated heterocycles. The Morgan fingerprint density at radius 2 is 2.20 bits per heavy atom. The number of hydrazine groups is 1. The second-order valence-corrected chi connectivity index (χ2v) is 4.13. The molecule has 1 amide bonds. The van der Waals surface area contributed by atoms with Gasteiger partial charge in [0.15, 0.2) is 0 Å². The quantitative estimate of drug-likeness (QED) is 0.566. The SMILES string of the molecule is C[C@H](N)C(=O)N1CCCC(C)(C(=O)O)N1. The van der Waals surface area contributed by atoms with Crippen molar-refractivity contribution in [2.45, 2.75) is 38.3 Å². The highest BCUT2D eigenvalue weighted by molar-refractivity contribution is 5.83. The maximum absolute atomic E-state index is 11.6. The van der Waals surface area contributed by atoms with Crippen LogP contribution in [0.4, 0.5) is 0 Å². The molecule has 6 nitrogen and oxygen atoms in total. The summed E-state index contributed by atoms with van der Waals surface area (Å²) in [7, 11) is 0. The number of carbonyl (C=O) groups is 2. The van der Waals surface area contributed by atoms with Gasteiger partial charge in [0, 0.05) is 6.54 Å². The number of carbonyl (C=O) groups excluding carboxylic acids is 1. The number of carboxylic acid groups (broad SMARTS) is 1. The average molecular weight is 215 g/mol. The number of nitrogens with zero attached hydrogens (tertiary/aromatic N) is 1.